The van der Waals surface area contributed by atoms with E-state index in [1.807, 2.05) is 0 Å². The van der Waals surface area contributed by atoms with Gasteiger partial charge in [0.05, 0.1) is 0 Å². The van der Waals surface area contributed by atoms with E-state index in [4.69, 9.17) is 0 Å². The highest BCUT2D eigenvalue weighted by molar-refractivity contribution is 5.89. The lowest BCUT2D eigenvalue weighted by Gasteiger charge is -2.42. The Balaban J connectivity index is 1.64. The highest BCUT2D eigenvalue weighted by Gasteiger charge is 2.35. The Morgan fingerprint density at radius 2 is 1.73 bits per heavy atom. The van der Waals surface area contributed by atoms with Crippen molar-refractivity contribution in [2.75, 3.05) is 14.1 Å². The second-order valence-electron chi connectivity index (χ2n) is 7.89. The van der Waals surface area contributed by atoms with E-state index in [0.29, 0.717) is 0 Å². The van der Waals surface area contributed by atoms with Gasteiger partial charge in [-0.3, -0.25) is 0 Å². The number of hydrogen-bond donors (Lipinski definition) is 1. The predicted molar refractivity (Wildman–Crippen MR) is 111 cm³/mol. The molecule has 26 heavy (non-hydrogen) atoms. The number of nitrogens with one attached hydrogen (secondary N) is 1. The number of nitrogens with zero attached hydrogens (tertiary/aromatic N) is 1. The molecule has 0 saturated carbocycles. The van der Waals surface area contributed by atoms with E-state index in [2.05, 4.69) is 91.6 Å². The average molecular weight is 345 g/mol. The molecule has 1 unspecified atom stereocenters. The third-order valence-electron chi connectivity index (χ3n) is 6.20. The number of aromatic nitrogens is 1. The van der Waals surface area contributed by atoms with E-state index < -0.39 is 0 Å². The van der Waals surface area contributed by atoms with Crippen LogP contribution in [0.25, 0.3) is 16.5 Å². The van der Waals surface area contributed by atoms with Crippen LogP contribution in [0.4, 0.5) is 0 Å². The highest BCUT2D eigenvalue weighted by atomic mass is 15.1. The third kappa shape index (κ3) is 2.99. The summed E-state index contributed by atoms with van der Waals surface area (Å²) in [5.41, 5.74) is 7.08. The molecule has 1 atom stereocenters. The summed E-state index contributed by atoms with van der Waals surface area (Å²) >= 11 is 0. The summed E-state index contributed by atoms with van der Waals surface area (Å²) in [6, 6.07) is 19.5. The van der Waals surface area contributed by atoms with Crippen LogP contribution in [-0.4, -0.2) is 29.5 Å². The van der Waals surface area contributed by atoms with Gasteiger partial charge in [-0.05, 0) is 69.5 Å². The number of H-pyrrole nitrogens is 1. The summed E-state index contributed by atoms with van der Waals surface area (Å²) in [6.45, 7) is 2.24. The maximum atomic E-state index is 3.66. The molecule has 2 heteroatoms. The maximum absolute atomic E-state index is 3.66. The third-order valence-corrected chi connectivity index (χ3v) is 6.20. The van der Waals surface area contributed by atoms with Crippen LogP contribution < -0.4 is 0 Å². The van der Waals surface area contributed by atoms with Crippen LogP contribution in [0.3, 0.4) is 0 Å². The molecule has 0 spiro atoms. The first kappa shape index (κ1) is 17.1. The van der Waals surface area contributed by atoms with Gasteiger partial charge in [-0.2, -0.15) is 0 Å². The molecule has 0 bridgehead atoms. The molecule has 1 aliphatic rings. The van der Waals surface area contributed by atoms with Crippen molar-refractivity contribution in [3.8, 4) is 0 Å². The number of rotatable bonds is 4. The zero-order chi connectivity index (χ0) is 18.1. The topological polar surface area (TPSA) is 19.0 Å². The van der Waals surface area contributed by atoms with Gasteiger partial charge in [0.1, 0.15) is 0 Å². The summed E-state index contributed by atoms with van der Waals surface area (Å²) in [7, 11) is 4.46. The average Bonchev–Trinajstić information content (AvgIpc) is 3.00. The predicted octanol–water partition coefficient (Wildman–Crippen LogP) is 5.59. The zero-order valence-corrected chi connectivity index (χ0v) is 16.0. The quantitative estimate of drug-likeness (QED) is 0.654. The molecule has 2 aromatic carbocycles. The minimum Gasteiger partial charge on any atom is -0.355 e. The van der Waals surface area contributed by atoms with Gasteiger partial charge in [-0.1, -0.05) is 54.6 Å². The molecule has 0 fully saturated rings. The number of likely N-dealkylation sites (N-methyl/N-ethyl adjacent to an activating group) is 1. The Morgan fingerprint density at radius 1 is 1.00 bits per heavy atom. The Labute approximate surface area is 156 Å². The van der Waals surface area contributed by atoms with Crippen LogP contribution in [-0.2, 0) is 6.42 Å². The van der Waals surface area contributed by atoms with Gasteiger partial charge in [0, 0.05) is 22.1 Å². The summed E-state index contributed by atoms with van der Waals surface area (Å²) in [5, 5.41) is 1.34. The summed E-state index contributed by atoms with van der Waals surface area (Å²) in [6.07, 6.45) is 6.99. The Kier molecular flexibility index (Phi) is 4.46. The molecule has 1 heterocycles. The molecule has 3 aromatic rings. The smallest absolute Gasteiger partial charge is 0.0461 e. The fraction of sp³-hybridized carbons (Fsp3) is 0.333. The minimum absolute atomic E-state index is 0.213. The molecule has 1 aliphatic carbocycles. The summed E-state index contributed by atoms with van der Waals surface area (Å²) in [5.74, 6) is 0. The van der Waals surface area contributed by atoms with Crippen LogP contribution in [0.1, 0.15) is 36.1 Å². The van der Waals surface area contributed by atoms with Crippen LogP contribution in [0.15, 0.2) is 60.7 Å². The lowest BCUT2D eigenvalue weighted by atomic mass is 9.76. The van der Waals surface area contributed by atoms with Gasteiger partial charge in [0.2, 0.25) is 0 Å². The molecule has 4 rings (SSSR count). The first-order chi connectivity index (χ1) is 12.6. The lowest BCUT2D eigenvalue weighted by molar-refractivity contribution is 0.138. The molecule has 1 N–H and O–H groups in total. The number of para-hydroxylation sites is 1. The standard InChI is InChI=1S/C24H28N2/c1-18-21-11-7-8-12-22(21)25-23(18)20-13-15-24(16-14-20,26(2)3)17-19-9-5-4-6-10-19/h4-13,25H,14-17H2,1-3H3. The molecule has 2 nitrogen and oxygen atoms in total. The summed E-state index contributed by atoms with van der Waals surface area (Å²) < 4.78 is 0. The SMILES string of the molecule is Cc1c(C2=CCC(Cc3ccccc3)(N(C)C)CC2)[nH]c2ccccc12. The largest absolute Gasteiger partial charge is 0.355 e. The molecule has 0 radical (unpaired) electrons. The number of hydrogen-bond acceptors (Lipinski definition) is 1. The molecule has 0 saturated heterocycles. The fourth-order valence-corrected chi connectivity index (χ4v) is 4.42. The minimum atomic E-state index is 0.213. The van der Waals surface area contributed by atoms with Crippen molar-refractivity contribution in [2.24, 2.45) is 0 Å². The number of benzene rings is 2. The molecule has 0 amide bonds. The number of fused-ring (bicyclic) bond motifs is 1. The van der Waals surface area contributed by atoms with Gasteiger partial charge in [0.25, 0.3) is 0 Å². The number of allylic oxidation sites excluding steroid dienone is 1. The normalized spacial score (nSPS) is 20.5. The van der Waals surface area contributed by atoms with E-state index in [0.717, 1.165) is 19.3 Å². The van der Waals surface area contributed by atoms with Crippen molar-refractivity contribution < 1.29 is 0 Å². The lowest BCUT2D eigenvalue weighted by Crippen LogP contribution is -2.47. The van der Waals surface area contributed by atoms with Crippen LogP contribution >= 0.6 is 0 Å². The van der Waals surface area contributed by atoms with E-state index in [-0.39, 0.29) is 5.54 Å². The van der Waals surface area contributed by atoms with Crippen molar-refractivity contribution >= 4 is 16.5 Å². The monoisotopic (exact) mass is 344 g/mol. The van der Waals surface area contributed by atoms with Crippen molar-refractivity contribution in [2.45, 2.75) is 38.1 Å². The van der Waals surface area contributed by atoms with Gasteiger partial charge >= 0.3 is 0 Å². The molecule has 134 valence electrons. The fourth-order valence-electron chi connectivity index (χ4n) is 4.42. The zero-order valence-electron chi connectivity index (χ0n) is 16.0. The second kappa shape index (κ2) is 6.77. The van der Waals surface area contributed by atoms with Crippen molar-refractivity contribution in [3.05, 3.63) is 77.5 Å². The molecular weight excluding hydrogens is 316 g/mol. The van der Waals surface area contributed by atoms with Crippen molar-refractivity contribution in [3.63, 3.8) is 0 Å². The second-order valence-corrected chi connectivity index (χ2v) is 7.89. The Morgan fingerprint density at radius 3 is 2.38 bits per heavy atom. The molecule has 1 aromatic heterocycles. The van der Waals surface area contributed by atoms with Gasteiger partial charge in [-0.25, -0.2) is 0 Å². The van der Waals surface area contributed by atoms with Gasteiger partial charge in [0.15, 0.2) is 0 Å². The van der Waals surface area contributed by atoms with Crippen LogP contribution in [0, 0.1) is 6.92 Å². The van der Waals surface area contributed by atoms with E-state index in [1.54, 1.807) is 0 Å². The first-order valence-electron chi connectivity index (χ1n) is 9.57. The van der Waals surface area contributed by atoms with Crippen molar-refractivity contribution in [1.29, 1.82) is 0 Å². The van der Waals surface area contributed by atoms with Gasteiger partial charge in [-0.15, -0.1) is 0 Å². The van der Waals surface area contributed by atoms with E-state index >= 15 is 0 Å². The maximum Gasteiger partial charge on any atom is 0.0461 e. The molecular formula is C24H28N2. The Hall–Kier alpha value is -2.32. The number of aromatic amines is 1. The Bertz CT molecular complexity index is 933. The molecule has 0 aliphatic heterocycles. The van der Waals surface area contributed by atoms with Gasteiger partial charge < -0.3 is 9.88 Å². The van der Waals surface area contributed by atoms with Crippen LogP contribution in [0.5, 0.6) is 0 Å². The van der Waals surface area contributed by atoms with Crippen molar-refractivity contribution in [1.82, 2.24) is 9.88 Å². The summed E-state index contributed by atoms with van der Waals surface area (Å²) in [4.78, 5) is 6.09. The highest BCUT2D eigenvalue weighted by Crippen LogP contribution is 2.39. The first-order valence-corrected chi connectivity index (χ1v) is 9.57. The van der Waals surface area contributed by atoms with Crippen LogP contribution in [0.2, 0.25) is 0 Å². The van der Waals surface area contributed by atoms with E-state index in [1.165, 1.54) is 39.7 Å². The van der Waals surface area contributed by atoms with E-state index in [9.17, 15) is 0 Å². The number of aryl methyl sites for hydroxylation is 1.